The Labute approximate surface area is 98.5 Å². The first-order valence-corrected chi connectivity index (χ1v) is 5.49. The van der Waals surface area contributed by atoms with Crippen LogP contribution in [0.5, 0.6) is 0 Å². The van der Waals surface area contributed by atoms with Crippen molar-refractivity contribution < 1.29 is 29.3 Å². The molecular formula is C10H17NO6. The minimum Gasteiger partial charge on any atom is -0.479 e. The second kappa shape index (κ2) is 5.95. The van der Waals surface area contributed by atoms with Gasteiger partial charge in [0, 0.05) is 13.0 Å². The van der Waals surface area contributed by atoms with Crippen LogP contribution in [0, 0.1) is 0 Å². The van der Waals surface area contributed by atoms with E-state index in [1.165, 1.54) is 0 Å². The van der Waals surface area contributed by atoms with Crippen molar-refractivity contribution in [3.05, 3.63) is 0 Å². The molecule has 0 spiro atoms. The fraction of sp³-hybridized carbons (Fsp3) is 0.800. The van der Waals surface area contributed by atoms with Gasteiger partial charge < -0.3 is 25.4 Å². The molecule has 7 heteroatoms. The van der Waals surface area contributed by atoms with E-state index in [0.717, 1.165) is 12.8 Å². The molecule has 1 unspecified atom stereocenters. The van der Waals surface area contributed by atoms with Crippen LogP contribution in [0.25, 0.3) is 0 Å². The first-order valence-electron chi connectivity index (χ1n) is 5.49. The topological polar surface area (TPSA) is 119 Å². The largest absolute Gasteiger partial charge is 0.479 e. The van der Waals surface area contributed by atoms with Crippen LogP contribution in [0.2, 0.25) is 0 Å². The lowest BCUT2D eigenvalue weighted by Crippen LogP contribution is -2.53. The Morgan fingerprint density at radius 2 is 2.00 bits per heavy atom. The Bertz CT molecular complexity index is 273. The molecule has 0 aromatic heterocycles. The summed E-state index contributed by atoms with van der Waals surface area (Å²) in [6.45, 7) is 0.355. The van der Waals surface area contributed by atoms with Crippen molar-refractivity contribution in [2.45, 2.75) is 37.6 Å². The molecule has 1 fully saturated rings. The van der Waals surface area contributed by atoms with Crippen LogP contribution in [0.1, 0.15) is 25.7 Å². The van der Waals surface area contributed by atoms with Crippen LogP contribution in [-0.2, 0) is 19.1 Å². The molecule has 1 atom stereocenters. The second-order valence-corrected chi connectivity index (χ2v) is 3.89. The van der Waals surface area contributed by atoms with Gasteiger partial charge in [0.2, 0.25) is 0 Å². The number of rotatable bonds is 6. The fourth-order valence-corrected chi connectivity index (χ4v) is 1.70. The lowest BCUT2D eigenvalue weighted by atomic mass is 9.99. The van der Waals surface area contributed by atoms with Crippen molar-refractivity contribution in [1.29, 1.82) is 0 Å². The highest BCUT2D eigenvalue weighted by Gasteiger charge is 2.49. The highest BCUT2D eigenvalue weighted by molar-refractivity contribution is 6.01. The highest BCUT2D eigenvalue weighted by Crippen LogP contribution is 2.24. The molecule has 1 rings (SSSR count). The Balaban J connectivity index is 2.80. The molecule has 0 aliphatic carbocycles. The van der Waals surface area contributed by atoms with Crippen molar-refractivity contribution in [2.24, 2.45) is 5.73 Å². The number of carbonyl (C=O) groups is 2. The van der Waals surface area contributed by atoms with E-state index in [4.69, 9.17) is 25.4 Å². The molecule has 1 aliphatic rings. The van der Waals surface area contributed by atoms with Gasteiger partial charge in [-0.05, 0) is 25.8 Å². The van der Waals surface area contributed by atoms with Gasteiger partial charge in [0.25, 0.3) is 5.60 Å². The summed E-state index contributed by atoms with van der Waals surface area (Å²) in [5, 5.41) is 18.1. The molecule has 1 saturated heterocycles. The van der Waals surface area contributed by atoms with Crippen molar-refractivity contribution in [2.75, 3.05) is 13.2 Å². The van der Waals surface area contributed by atoms with Gasteiger partial charge in [0.1, 0.15) is 0 Å². The molecule has 1 heterocycles. The van der Waals surface area contributed by atoms with Crippen LogP contribution in [-0.4, -0.2) is 47.2 Å². The Morgan fingerprint density at radius 1 is 1.35 bits per heavy atom. The van der Waals surface area contributed by atoms with Gasteiger partial charge in [-0.2, -0.15) is 0 Å². The van der Waals surface area contributed by atoms with Crippen LogP contribution >= 0.6 is 0 Å². The molecule has 0 saturated carbocycles. The SMILES string of the molecule is NCCC(OC1CCCCO1)(C(=O)O)C(=O)O. The minimum absolute atomic E-state index is 0.0919. The van der Waals surface area contributed by atoms with E-state index >= 15 is 0 Å². The number of aliphatic carboxylic acids is 2. The summed E-state index contributed by atoms with van der Waals surface area (Å²) in [7, 11) is 0. The molecule has 4 N–H and O–H groups in total. The van der Waals surface area contributed by atoms with E-state index in [9.17, 15) is 9.59 Å². The summed E-state index contributed by atoms with van der Waals surface area (Å²) in [5.74, 6) is -3.10. The molecule has 0 aromatic carbocycles. The first-order chi connectivity index (χ1) is 8.03. The quantitative estimate of drug-likeness (QED) is 0.555. The maximum atomic E-state index is 11.1. The number of hydrogen-bond acceptors (Lipinski definition) is 5. The van der Waals surface area contributed by atoms with Gasteiger partial charge in [-0.1, -0.05) is 0 Å². The zero-order chi connectivity index (χ0) is 12.9. The first kappa shape index (κ1) is 13.9. The highest BCUT2D eigenvalue weighted by atomic mass is 16.7. The lowest BCUT2D eigenvalue weighted by molar-refractivity contribution is -0.237. The summed E-state index contributed by atoms with van der Waals surface area (Å²) < 4.78 is 10.3. The Kier molecular flexibility index (Phi) is 4.86. The number of carboxylic acid groups (broad SMARTS) is 2. The Hall–Kier alpha value is -1.18. The number of hydrogen-bond donors (Lipinski definition) is 3. The predicted octanol–water partition coefficient (Wildman–Crippen LogP) is -0.214. The summed E-state index contributed by atoms with van der Waals surface area (Å²) in [4.78, 5) is 22.2. The fourth-order valence-electron chi connectivity index (χ4n) is 1.70. The summed E-state index contributed by atoms with van der Waals surface area (Å²) >= 11 is 0. The molecule has 7 nitrogen and oxygen atoms in total. The van der Waals surface area contributed by atoms with E-state index < -0.39 is 23.8 Å². The summed E-state index contributed by atoms with van der Waals surface area (Å²) in [5.41, 5.74) is 2.94. The maximum Gasteiger partial charge on any atom is 0.348 e. The van der Waals surface area contributed by atoms with E-state index in [-0.39, 0.29) is 13.0 Å². The zero-order valence-electron chi connectivity index (χ0n) is 9.42. The predicted molar refractivity (Wildman–Crippen MR) is 56.4 cm³/mol. The van der Waals surface area contributed by atoms with Gasteiger partial charge in [-0.15, -0.1) is 0 Å². The molecule has 98 valence electrons. The average Bonchev–Trinajstić information content (AvgIpc) is 2.29. The smallest absolute Gasteiger partial charge is 0.348 e. The average molecular weight is 247 g/mol. The molecule has 0 radical (unpaired) electrons. The molecule has 1 aliphatic heterocycles. The molecule has 17 heavy (non-hydrogen) atoms. The number of carboxylic acids is 2. The zero-order valence-corrected chi connectivity index (χ0v) is 9.42. The third-order valence-corrected chi connectivity index (χ3v) is 2.66. The van der Waals surface area contributed by atoms with E-state index in [0.29, 0.717) is 13.0 Å². The van der Waals surface area contributed by atoms with Gasteiger partial charge in [0.15, 0.2) is 6.29 Å². The van der Waals surface area contributed by atoms with Gasteiger partial charge in [-0.25, -0.2) is 9.59 Å². The number of ether oxygens (including phenoxy) is 2. The molecular weight excluding hydrogens is 230 g/mol. The van der Waals surface area contributed by atoms with Crippen LogP contribution in [0.15, 0.2) is 0 Å². The minimum atomic E-state index is -2.31. The van der Waals surface area contributed by atoms with Crippen molar-refractivity contribution in [3.8, 4) is 0 Å². The molecule has 0 amide bonds. The maximum absolute atomic E-state index is 11.1. The third kappa shape index (κ3) is 3.15. The van der Waals surface area contributed by atoms with E-state index in [2.05, 4.69) is 0 Å². The van der Waals surface area contributed by atoms with Crippen molar-refractivity contribution >= 4 is 11.9 Å². The van der Waals surface area contributed by atoms with Gasteiger partial charge in [0.05, 0.1) is 0 Å². The van der Waals surface area contributed by atoms with Crippen molar-refractivity contribution in [3.63, 3.8) is 0 Å². The molecule has 0 bridgehead atoms. The third-order valence-electron chi connectivity index (χ3n) is 2.66. The second-order valence-electron chi connectivity index (χ2n) is 3.89. The monoisotopic (exact) mass is 247 g/mol. The molecule has 0 aromatic rings. The summed E-state index contributed by atoms with van der Waals surface area (Å²) in [6.07, 6.45) is 1.10. The van der Waals surface area contributed by atoms with Crippen molar-refractivity contribution in [1.82, 2.24) is 0 Å². The van der Waals surface area contributed by atoms with Gasteiger partial charge in [-0.3, -0.25) is 0 Å². The van der Waals surface area contributed by atoms with Crippen LogP contribution in [0.4, 0.5) is 0 Å². The van der Waals surface area contributed by atoms with E-state index in [1.54, 1.807) is 0 Å². The van der Waals surface area contributed by atoms with Crippen LogP contribution in [0.3, 0.4) is 0 Å². The Morgan fingerprint density at radius 3 is 2.41 bits per heavy atom. The lowest BCUT2D eigenvalue weighted by Gasteiger charge is -2.31. The van der Waals surface area contributed by atoms with Crippen LogP contribution < -0.4 is 5.73 Å². The number of nitrogens with two attached hydrogens (primary N) is 1. The van der Waals surface area contributed by atoms with Gasteiger partial charge >= 0.3 is 11.9 Å². The normalized spacial score (nSPS) is 21.1. The standard InChI is InChI=1S/C10H17NO6/c11-5-4-10(8(12)13,9(14)15)17-7-3-1-2-6-16-7/h7H,1-6,11H2,(H,12,13)(H,14,15). The van der Waals surface area contributed by atoms with E-state index in [1.807, 2.05) is 0 Å². The summed E-state index contributed by atoms with van der Waals surface area (Å²) in [6, 6.07) is 0.